The molecule has 0 saturated heterocycles. The molecule has 22 heavy (non-hydrogen) atoms. The highest BCUT2D eigenvalue weighted by atomic mass is 16.3. The van der Waals surface area contributed by atoms with Crippen LogP contribution in [-0.4, -0.2) is 10.7 Å². The zero-order valence-electron chi connectivity index (χ0n) is 14.8. The number of hydrogen-bond acceptors (Lipinski definition) is 1. The van der Waals surface area contributed by atoms with E-state index in [-0.39, 0.29) is 5.41 Å². The Morgan fingerprint density at radius 1 is 0.955 bits per heavy atom. The van der Waals surface area contributed by atoms with Gasteiger partial charge in [-0.25, -0.2) is 0 Å². The van der Waals surface area contributed by atoms with Gasteiger partial charge in [0.25, 0.3) is 0 Å². The summed E-state index contributed by atoms with van der Waals surface area (Å²) in [6.45, 7) is 11.5. The summed E-state index contributed by atoms with van der Waals surface area (Å²) in [7, 11) is 0. The Morgan fingerprint density at radius 2 is 1.68 bits per heavy atom. The van der Waals surface area contributed by atoms with Gasteiger partial charge in [-0.15, -0.1) is 0 Å². The quantitative estimate of drug-likeness (QED) is 0.599. The van der Waals surface area contributed by atoms with Gasteiger partial charge in [0.2, 0.25) is 0 Å². The van der Waals surface area contributed by atoms with Crippen LogP contribution in [0.3, 0.4) is 0 Å². The summed E-state index contributed by atoms with van der Waals surface area (Å²) in [4.78, 5) is 0. The van der Waals surface area contributed by atoms with E-state index in [1.807, 2.05) is 0 Å². The highest BCUT2D eigenvalue weighted by Gasteiger charge is 2.62. The average molecular weight is 303 g/mol. The van der Waals surface area contributed by atoms with Gasteiger partial charge in [-0.05, 0) is 99.2 Å². The zero-order chi connectivity index (χ0) is 15.8. The molecule has 0 unspecified atom stereocenters. The van der Waals surface area contributed by atoms with Crippen LogP contribution in [0, 0.1) is 34.5 Å². The first-order valence-corrected chi connectivity index (χ1v) is 9.67. The van der Waals surface area contributed by atoms with E-state index in [1.165, 1.54) is 56.9 Å². The van der Waals surface area contributed by atoms with Crippen molar-refractivity contribution in [2.75, 3.05) is 0 Å². The number of fused-ring (bicyclic) bond motifs is 5. The summed E-state index contributed by atoms with van der Waals surface area (Å²) < 4.78 is 0. The Balaban J connectivity index is 1.67. The molecule has 4 aliphatic rings. The van der Waals surface area contributed by atoms with Gasteiger partial charge in [-0.2, -0.15) is 0 Å². The molecule has 0 aromatic heterocycles. The standard InChI is InChI=1S/C21H34O/c1-14-5-6-15-7-8-16-17(19(15,2)13-14)9-11-20(3)18(16)10-12-21(20,4)22/h15-18,22H,1,5-13H2,2-4H3/t15-,16-,17+,18+,19+,20-,21+/m1/s1. The summed E-state index contributed by atoms with van der Waals surface area (Å²) in [5.74, 6) is 3.44. The second-order valence-electron chi connectivity index (χ2n) is 9.89. The maximum atomic E-state index is 11.0. The number of allylic oxidation sites excluding steroid dienone is 1. The van der Waals surface area contributed by atoms with Crippen molar-refractivity contribution in [1.82, 2.24) is 0 Å². The minimum absolute atomic E-state index is 0.170. The van der Waals surface area contributed by atoms with E-state index in [2.05, 4.69) is 27.4 Å². The van der Waals surface area contributed by atoms with Crippen LogP contribution in [0.4, 0.5) is 0 Å². The van der Waals surface area contributed by atoms with Crippen LogP contribution in [0.2, 0.25) is 0 Å². The predicted molar refractivity (Wildman–Crippen MR) is 91.5 cm³/mol. The summed E-state index contributed by atoms with van der Waals surface area (Å²) in [5.41, 5.74) is 1.75. The summed E-state index contributed by atoms with van der Waals surface area (Å²) in [6, 6.07) is 0. The van der Waals surface area contributed by atoms with E-state index in [0.29, 0.717) is 5.41 Å². The lowest BCUT2D eigenvalue weighted by molar-refractivity contribution is -0.141. The monoisotopic (exact) mass is 302 g/mol. The first-order valence-electron chi connectivity index (χ1n) is 9.67. The Kier molecular flexibility index (Phi) is 3.20. The lowest BCUT2D eigenvalue weighted by atomic mass is 9.44. The number of hydrogen-bond donors (Lipinski definition) is 1. The third-order valence-corrected chi connectivity index (χ3v) is 9.10. The van der Waals surface area contributed by atoms with E-state index < -0.39 is 5.60 Å². The molecule has 4 aliphatic carbocycles. The van der Waals surface area contributed by atoms with Crippen molar-refractivity contribution >= 4 is 0 Å². The van der Waals surface area contributed by atoms with Crippen molar-refractivity contribution < 1.29 is 5.11 Å². The maximum Gasteiger partial charge on any atom is 0.0675 e. The van der Waals surface area contributed by atoms with Gasteiger partial charge in [0.1, 0.15) is 0 Å². The van der Waals surface area contributed by atoms with Crippen LogP contribution < -0.4 is 0 Å². The summed E-state index contributed by atoms with van der Waals surface area (Å²) in [5, 5.41) is 11.0. The van der Waals surface area contributed by atoms with Gasteiger partial charge in [0.05, 0.1) is 5.60 Å². The minimum atomic E-state index is -0.434. The molecule has 4 fully saturated rings. The largest absolute Gasteiger partial charge is 0.390 e. The van der Waals surface area contributed by atoms with E-state index in [4.69, 9.17) is 0 Å². The predicted octanol–water partition coefficient (Wildman–Crippen LogP) is 5.34. The van der Waals surface area contributed by atoms with Crippen LogP contribution >= 0.6 is 0 Å². The molecule has 7 atom stereocenters. The molecule has 1 heteroatoms. The molecule has 4 saturated carbocycles. The zero-order valence-corrected chi connectivity index (χ0v) is 14.8. The van der Waals surface area contributed by atoms with E-state index in [1.54, 1.807) is 0 Å². The van der Waals surface area contributed by atoms with Crippen molar-refractivity contribution in [2.45, 2.75) is 84.2 Å². The molecule has 0 aromatic rings. The molecule has 124 valence electrons. The van der Waals surface area contributed by atoms with E-state index >= 15 is 0 Å². The minimum Gasteiger partial charge on any atom is -0.390 e. The number of rotatable bonds is 0. The van der Waals surface area contributed by atoms with Crippen LogP contribution in [-0.2, 0) is 0 Å². The number of aliphatic hydroxyl groups is 1. The van der Waals surface area contributed by atoms with Gasteiger partial charge in [-0.3, -0.25) is 0 Å². The first kappa shape index (κ1) is 15.2. The average Bonchev–Trinajstić information content (AvgIpc) is 2.68. The molecule has 0 heterocycles. The SMILES string of the molecule is C=C1CC[C@@H]2CC[C@@H]3[C@H](CC[C@]4(C)[C@H]3CC[C@]4(C)O)[C@@]2(C)C1. The van der Waals surface area contributed by atoms with E-state index in [9.17, 15) is 5.11 Å². The second kappa shape index (κ2) is 4.62. The van der Waals surface area contributed by atoms with Crippen LogP contribution in [0.1, 0.15) is 78.6 Å². The summed E-state index contributed by atoms with van der Waals surface area (Å²) >= 11 is 0. The van der Waals surface area contributed by atoms with Gasteiger partial charge >= 0.3 is 0 Å². The molecule has 0 radical (unpaired) electrons. The molecule has 0 amide bonds. The first-order chi connectivity index (χ1) is 10.3. The van der Waals surface area contributed by atoms with E-state index in [0.717, 1.165) is 30.1 Å². The van der Waals surface area contributed by atoms with Crippen LogP contribution in [0.15, 0.2) is 12.2 Å². The van der Waals surface area contributed by atoms with Crippen molar-refractivity contribution in [1.29, 1.82) is 0 Å². The van der Waals surface area contributed by atoms with Gasteiger partial charge in [-0.1, -0.05) is 26.0 Å². The highest BCUT2D eigenvalue weighted by Crippen LogP contribution is 2.68. The molecule has 1 nitrogen and oxygen atoms in total. The fourth-order valence-electron chi connectivity index (χ4n) is 7.53. The Bertz CT molecular complexity index is 492. The molecule has 0 bridgehead atoms. The second-order valence-corrected chi connectivity index (χ2v) is 9.89. The van der Waals surface area contributed by atoms with Gasteiger partial charge in [0.15, 0.2) is 0 Å². The van der Waals surface area contributed by atoms with Gasteiger partial charge in [0, 0.05) is 0 Å². The molecule has 4 rings (SSSR count). The molecule has 0 aliphatic heterocycles. The Labute approximate surface area is 136 Å². The molecular weight excluding hydrogens is 268 g/mol. The van der Waals surface area contributed by atoms with Crippen molar-refractivity contribution in [3.8, 4) is 0 Å². The lowest BCUT2D eigenvalue weighted by Gasteiger charge is -2.61. The highest BCUT2D eigenvalue weighted by molar-refractivity contribution is 5.16. The maximum absolute atomic E-state index is 11.0. The molecule has 1 N–H and O–H groups in total. The van der Waals surface area contributed by atoms with Crippen molar-refractivity contribution in [3.63, 3.8) is 0 Å². The molecular formula is C21H34O. The fraction of sp³-hybridized carbons (Fsp3) is 0.905. The lowest BCUT2D eigenvalue weighted by Crippen LogP contribution is -2.55. The Morgan fingerprint density at radius 3 is 2.45 bits per heavy atom. The fourth-order valence-corrected chi connectivity index (χ4v) is 7.53. The summed E-state index contributed by atoms with van der Waals surface area (Å²) in [6.07, 6.45) is 11.6. The topological polar surface area (TPSA) is 20.2 Å². The van der Waals surface area contributed by atoms with Crippen molar-refractivity contribution in [2.24, 2.45) is 34.5 Å². The van der Waals surface area contributed by atoms with Crippen molar-refractivity contribution in [3.05, 3.63) is 12.2 Å². The third-order valence-electron chi connectivity index (χ3n) is 9.10. The Hall–Kier alpha value is -0.300. The molecule has 0 spiro atoms. The smallest absolute Gasteiger partial charge is 0.0675 e. The van der Waals surface area contributed by atoms with Crippen LogP contribution in [0.5, 0.6) is 0 Å². The molecule has 0 aromatic carbocycles. The normalized spacial score (nSPS) is 57.9. The van der Waals surface area contributed by atoms with Crippen LogP contribution in [0.25, 0.3) is 0 Å². The third kappa shape index (κ3) is 1.81. The van der Waals surface area contributed by atoms with Gasteiger partial charge < -0.3 is 5.11 Å².